The molecule has 5 aromatic rings. The largest absolute Gasteiger partial charge is 0.391 e. The molecule has 0 saturated carbocycles. The van der Waals surface area contributed by atoms with Crippen LogP contribution in [0.1, 0.15) is 48.8 Å². The SMILES string of the molecule is CC(C)(C)c1cc(F)c2c(=O)n(-c3nccc(-n4cc(C(N)=O)c(-c5cnn(C(F)F)c5)n4)c3CO)ncc2c1. The average molecular weight is 553 g/mol. The Morgan fingerprint density at radius 2 is 1.90 bits per heavy atom. The molecule has 5 rings (SSSR count). The lowest BCUT2D eigenvalue weighted by molar-refractivity contribution is 0.0566. The number of carbonyl (C=O) groups is 1. The molecule has 206 valence electrons. The van der Waals surface area contributed by atoms with E-state index in [0.717, 1.165) is 17.1 Å². The maximum atomic E-state index is 15.2. The van der Waals surface area contributed by atoms with Crippen LogP contribution in [0.5, 0.6) is 0 Å². The third kappa shape index (κ3) is 4.51. The predicted octanol–water partition coefficient (Wildman–Crippen LogP) is 3.25. The molecule has 0 aliphatic rings. The Bertz CT molecular complexity index is 1840. The molecule has 11 nitrogen and oxygen atoms in total. The van der Waals surface area contributed by atoms with Gasteiger partial charge in [0, 0.05) is 35.1 Å². The van der Waals surface area contributed by atoms with Gasteiger partial charge in [0.15, 0.2) is 5.82 Å². The molecule has 0 saturated heterocycles. The van der Waals surface area contributed by atoms with Crippen molar-refractivity contribution in [3.63, 3.8) is 0 Å². The van der Waals surface area contributed by atoms with E-state index in [-0.39, 0.29) is 44.7 Å². The van der Waals surface area contributed by atoms with Crippen LogP contribution >= 0.6 is 0 Å². The predicted molar refractivity (Wildman–Crippen MR) is 138 cm³/mol. The number of carbonyl (C=O) groups excluding carboxylic acids is 1. The molecule has 3 N–H and O–H groups in total. The summed E-state index contributed by atoms with van der Waals surface area (Å²) in [4.78, 5) is 29.7. The number of aliphatic hydroxyl groups excluding tert-OH is 1. The Labute approximate surface area is 224 Å². The smallest absolute Gasteiger partial charge is 0.333 e. The van der Waals surface area contributed by atoms with E-state index in [0.29, 0.717) is 15.6 Å². The normalized spacial score (nSPS) is 12.0. The van der Waals surface area contributed by atoms with Crippen LogP contribution in [0, 0.1) is 5.82 Å². The molecular formula is C26H23F3N8O3. The molecule has 40 heavy (non-hydrogen) atoms. The second-order valence-corrected chi connectivity index (χ2v) is 10.0. The Morgan fingerprint density at radius 3 is 2.52 bits per heavy atom. The molecule has 14 heteroatoms. The highest BCUT2D eigenvalue weighted by molar-refractivity contribution is 5.98. The molecule has 4 heterocycles. The van der Waals surface area contributed by atoms with Crippen molar-refractivity contribution < 1.29 is 23.1 Å². The van der Waals surface area contributed by atoms with Crippen molar-refractivity contribution >= 4 is 16.7 Å². The first-order valence-electron chi connectivity index (χ1n) is 11.9. The summed E-state index contributed by atoms with van der Waals surface area (Å²) in [5.74, 6) is -1.71. The molecule has 0 bridgehead atoms. The summed E-state index contributed by atoms with van der Waals surface area (Å²) in [6.45, 7) is 2.19. The van der Waals surface area contributed by atoms with Gasteiger partial charge >= 0.3 is 6.55 Å². The number of aromatic nitrogens is 7. The third-order valence-corrected chi connectivity index (χ3v) is 6.37. The van der Waals surface area contributed by atoms with E-state index in [1.54, 1.807) is 6.07 Å². The van der Waals surface area contributed by atoms with Gasteiger partial charge in [0.2, 0.25) is 0 Å². The van der Waals surface area contributed by atoms with Gasteiger partial charge in [-0.15, -0.1) is 0 Å². The van der Waals surface area contributed by atoms with Gasteiger partial charge in [0.25, 0.3) is 11.5 Å². The molecule has 0 radical (unpaired) electrons. The van der Waals surface area contributed by atoms with Gasteiger partial charge < -0.3 is 10.8 Å². The zero-order chi connectivity index (χ0) is 28.9. The second kappa shape index (κ2) is 9.72. The van der Waals surface area contributed by atoms with Crippen molar-refractivity contribution in [2.24, 2.45) is 5.73 Å². The van der Waals surface area contributed by atoms with Crippen LogP contribution in [0.4, 0.5) is 13.2 Å². The van der Waals surface area contributed by atoms with E-state index in [2.05, 4.69) is 20.3 Å². The van der Waals surface area contributed by atoms with Crippen LogP contribution in [0.15, 0.2) is 54.0 Å². The maximum absolute atomic E-state index is 15.2. The molecule has 0 aliphatic heterocycles. The van der Waals surface area contributed by atoms with Crippen molar-refractivity contribution in [3.05, 3.63) is 82.0 Å². The van der Waals surface area contributed by atoms with Crippen molar-refractivity contribution in [3.8, 4) is 22.8 Å². The fourth-order valence-electron chi connectivity index (χ4n) is 4.30. The monoisotopic (exact) mass is 552 g/mol. The van der Waals surface area contributed by atoms with E-state index in [1.165, 1.54) is 35.4 Å². The Hall–Kier alpha value is -4.85. The lowest BCUT2D eigenvalue weighted by Crippen LogP contribution is -2.25. The summed E-state index contributed by atoms with van der Waals surface area (Å²) in [5.41, 5.74) is 5.24. The first-order chi connectivity index (χ1) is 18.9. The number of hydrogen-bond donors (Lipinski definition) is 2. The molecule has 0 fully saturated rings. The summed E-state index contributed by atoms with van der Waals surface area (Å²) in [5, 5.41) is 22.4. The minimum atomic E-state index is -2.91. The number of amides is 1. The molecular weight excluding hydrogens is 529 g/mol. The van der Waals surface area contributed by atoms with Gasteiger partial charge in [-0.1, -0.05) is 20.8 Å². The molecule has 1 aromatic carbocycles. The summed E-state index contributed by atoms with van der Waals surface area (Å²) < 4.78 is 43.7. The second-order valence-electron chi connectivity index (χ2n) is 10.0. The number of hydrogen-bond acceptors (Lipinski definition) is 7. The lowest BCUT2D eigenvalue weighted by Gasteiger charge is -2.20. The average Bonchev–Trinajstić information content (AvgIpc) is 3.56. The summed E-state index contributed by atoms with van der Waals surface area (Å²) >= 11 is 0. The highest BCUT2D eigenvalue weighted by Gasteiger charge is 2.23. The Morgan fingerprint density at radius 1 is 1.15 bits per heavy atom. The summed E-state index contributed by atoms with van der Waals surface area (Å²) in [6, 6.07) is 4.44. The van der Waals surface area contributed by atoms with Gasteiger partial charge in [-0.25, -0.2) is 18.7 Å². The van der Waals surface area contributed by atoms with Gasteiger partial charge in [0.05, 0.1) is 35.6 Å². The summed E-state index contributed by atoms with van der Waals surface area (Å²) in [6.07, 6.45) is 6.00. The molecule has 0 spiro atoms. The number of alkyl halides is 2. The number of nitrogens with zero attached hydrogens (tertiary/aromatic N) is 7. The van der Waals surface area contributed by atoms with Crippen molar-refractivity contribution in [1.82, 2.24) is 34.3 Å². The van der Waals surface area contributed by atoms with Crippen LogP contribution in [-0.2, 0) is 12.0 Å². The third-order valence-electron chi connectivity index (χ3n) is 6.37. The number of fused-ring (bicyclic) bond motifs is 1. The fraction of sp³-hybridized carbons (Fsp3) is 0.231. The molecule has 0 atom stereocenters. The standard InChI is InChI=1S/C26H23F3N8O3/c1-26(2,3)15-6-13-8-33-37(24(40)20(13)18(27)7-15)23-17(12-38)19(4-5-31-23)35-11-16(22(30)39)21(34-35)14-9-32-36(10-14)25(28)29/h4-11,25,38H,12H2,1-3H3,(H2,30,39). The van der Waals surface area contributed by atoms with Crippen molar-refractivity contribution in [2.75, 3.05) is 0 Å². The zero-order valence-electron chi connectivity index (χ0n) is 21.5. The minimum Gasteiger partial charge on any atom is -0.391 e. The topological polar surface area (TPSA) is 147 Å². The van der Waals surface area contributed by atoms with Gasteiger partial charge in [-0.2, -0.15) is 28.8 Å². The quantitative estimate of drug-likeness (QED) is 0.329. The van der Waals surface area contributed by atoms with Crippen LogP contribution in [0.3, 0.4) is 0 Å². The zero-order valence-corrected chi connectivity index (χ0v) is 21.5. The van der Waals surface area contributed by atoms with E-state index >= 15 is 4.39 Å². The van der Waals surface area contributed by atoms with Crippen LogP contribution in [0.25, 0.3) is 33.5 Å². The van der Waals surface area contributed by atoms with Crippen LogP contribution in [-0.4, -0.2) is 45.3 Å². The molecule has 0 aliphatic carbocycles. The van der Waals surface area contributed by atoms with E-state index in [9.17, 15) is 23.5 Å². The Balaban J connectivity index is 1.67. The number of benzene rings is 1. The Kier molecular flexibility index (Phi) is 6.50. The summed E-state index contributed by atoms with van der Waals surface area (Å²) in [7, 11) is 0. The first kappa shape index (κ1) is 26.7. The highest BCUT2D eigenvalue weighted by atomic mass is 19.3. The van der Waals surface area contributed by atoms with Crippen LogP contribution in [0.2, 0.25) is 0 Å². The van der Waals surface area contributed by atoms with E-state index in [4.69, 9.17) is 5.73 Å². The highest BCUT2D eigenvalue weighted by Crippen LogP contribution is 2.29. The minimum absolute atomic E-state index is 0.0284. The van der Waals surface area contributed by atoms with Crippen molar-refractivity contribution in [2.45, 2.75) is 39.3 Å². The number of halogens is 3. The van der Waals surface area contributed by atoms with Crippen molar-refractivity contribution in [1.29, 1.82) is 0 Å². The first-order valence-corrected chi connectivity index (χ1v) is 11.9. The lowest BCUT2D eigenvalue weighted by atomic mass is 9.86. The van der Waals surface area contributed by atoms with Gasteiger partial charge in [0.1, 0.15) is 11.5 Å². The number of pyridine rings is 1. The molecule has 1 amide bonds. The van der Waals surface area contributed by atoms with Crippen LogP contribution < -0.4 is 11.3 Å². The number of primary amides is 1. The fourth-order valence-corrected chi connectivity index (χ4v) is 4.30. The van der Waals surface area contributed by atoms with E-state index in [1.807, 2.05) is 20.8 Å². The van der Waals surface area contributed by atoms with Gasteiger partial charge in [-0.3, -0.25) is 9.59 Å². The molecule has 4 aromatic heterocycles. The number of rotatable bonds is 6. The maximum Gasteiger partial charge on any atom is 0.333 e. The van der Waals surface area contributed by atoms with E-state index < -0.39 is 30.4 Å². The number of nitrogens with two attached hydrogens (primary N) is 1. The molecule has 0 unspecified atom stereocenters. The number of aliphatic hydroxyl groups is 1. The van der Waals surface area contributed by atoms with Gasteiger partial charge in [-0.05, 0) is 29.2 Å².